The molecular formula is C11H13Br2NO2. The molecule has 0 aromatic heterocycles. The predicted molar refractivity (Wildman–Crippen MR) is 70.7 cm³/mol. The molecule has 0 saturated heterocycles. The topological polar surface area (TPSA) is 38.3 Å². The Balaban J connectivity index is 2.52. The summed E-state index contributed by atoms with van der Waals surface area (Å²) in [6.45, 7) is 1.28. The van der Waals surface area contributed by atoms with Crippen molar-refractivity contribution in [1.82, 2.24) is 5.32 Å². The van der Waals surface area contributed by atoms with Crippen LogP contribution in [-0.2, 0) is 4.74 Å². The van der Waals surface area contributed by atoms with E-state index in [-0.39, 0.29) is 5.91 Å². The Labute approximate surface area is 112 Å². The molecule has 1 aromatic carbocycles. The maximum absolute atomic E-state index is 11.7. The molecule has 0 aliphatic heterocycles. The molecular weight excluding hydrogens is 338 g/mol. The minimum Gasteiger partial charge on any atom is -0.385 e. The first-order valence-electron chi connectivity index (χ1n) is 4.86. The predicted octanol–water partition coefficient (Wildman–Crippen LogP) is 2.98. The van der Waals surface area contributed by atoms with Crippen molar-refractivity contribution in [1.29, 1.82) is 0 Å². The zero-order valence-corrected chi connectivity index (χ0v) is 12.1. The van der Waals surface area contributed by atoms with Crippen molar-refractivity contribution < 1.29 is 9.53 Å². The highest BCUT2D eigenvalue weighted by Crippen LogP contribution is 2.19. The fourth-order valence-corrected chi connectivity index (χ4v) is 2.50. The zero-order chi connectivity index (χ0) is 12.0. The molecule has 1 aromatic rings. The van der Waals surface area contributed by atoms with Crippen molar-refractivity contribution in [2.75, 3.05) is 20.3 Å². The summed E-state index contributed by atoms with van der Waals surface area (Å²) >= 11 is 6.69. The molecule has 0 aliphatic rings. The summed E-state index contributed by atoms with van der Waals surface area (Å²) in [6.07, 6.45) is 0.817. The lowest BCUT2D eigenvalue weighted by atomic mass is 10.2. The molecule has 0 unspecified atom stereocenters. The van der Waals surface area contributed by atoms with Gasteiger partial charge in [0.05, 0.1) is 0 Å². The fraction of sp³-hybridized carbons (Fsp3) is 0.364. The third-order valence-electron chi connectivity index (χ3n) is 1.94. The summed E-state index contributed by atoms with van der Waals surface area (Å²) in [6, 6.07) is 5.47. The summed E-state index contributed by atoms with van der Waals surface area (Å²) in [5.74, 6) is -0.0712. The highest BCUT2D eigenvalue weighted by molar-refractivity contribution is 9.11. The van der Waals surface area contributed by atoms with Gasteiger partial charge in [-0.25, -0.2) is 0 Å². The molecule has 0 aliphatic carbocycles. The van der Waals surface area contributed by atoms with Gasteiger partial charge >= 0.3 is 0 Å². The van der Waals surface area contributed by atoms with Crippen molar-refractivity contribution in [3.63, 3.8) is 0 Å². The molecule has 1 amide bonds. The van der Waals surface area contributed by atoms with Gasteiger partial charge in [-0.15, -0.1) is 0 Å². The smallest absolute Gasteiger partial charge is 0.251 e. The summed E-state index contributed by atoms with van der Waals surface area (Å²) < 4.78 is 6.66. The van der Waals surface area contributed by atoms with Crippen LogP contribution in [0.5, 0.6) is 0 Å². The first kappa shape index (κ1) is 13.7. The molecule has 1 N–H and O–H groups in total. The van der Waals surface area contributed by atoms with E-state index in [1.165, 1.54) is 0 Å². The number of methoxy groups -OCH3 is 1. The van der Waals surface area contributed by atoms with Gasteiger partial charge in [-0.05, 0) is 24.6 Å². The van der Waals surface area contributed by atoms with Crippen molar-refractivity contribution in [2.45, 2.75) is 6.42 Å². The van der Waals surface area contributed by atoms with Crippen molar-refractivity contribution in [3.8, 4) is 0 Å². The van der Waals surface area contributed by atoms with Gasteiger partial charge in [-0.1, -0.05) is 31.9 Å². The molecule has 0 bridgehead atoms. The SMILES string of the molecule is COCCCNC(=O)c1cc(Br)cc(Br)c1. The summed E-state index contributed by atoms with van der Waals surface area (Å²) in [5.41, 5.74) is 0.638. The van der Waals surface area contributed by atoms with Crippen LogP contribution in [0.1, 0.15) is 16.8 Å². The van der Waals surface area contributed by atoms with Crippen LogP contribution in [-0.4, -0.2) is 26.2 Å². The number of benzene rings is 1. The van der Waals surface area contributed by atoms with Crippen LogP contribution in [0, 0.1) is 0 Å². The van der Waals surface area contributed by atoms with Gasteiger partial charge in [0.1, 0.15) is 0 Å². The number of nitrogens with one attached hydrogen (secondary N) is 1. The van der Waals surface area contributed by atoms with Gasteiger partial charge in [0, 0.05) is 34.8 Å². The Hall–Kier alpha value is -0.390. The second-order valence-electron chi connectivity index (χ2n) is 3.26. The molecule has 0 heterocycles. The van der Waals surface area contributed by atoms with E-state index >= 15 is 0 Å². The van der Waals surface area contributed by atoms with Gasteiger partial charge in [0.2, 0.25) is 0 Å². The van der Waals surface area contributed by atoms with Gasteiger partial charge in [-0.2, -0.15) is 0 Å². The zero-order valence-electron chi connectivity index (χ0n) is 8.93. The average molecular weight is 351 g/mol. The average Bonchev–Trinajstić information content (AvgIpc) is 2.22. The van der Waals surface area contributed by atoms with Crippen LogP contribution in [0.3, 0.4) is 0 Å². The quantitative estimate of drug-likeness (QED) is 0.829. The van der Waals surface area contributed by atoms with Crippen LogP contribution in [0.2, 0.25) is 0 Å². The molecule has 88 valence electrons. The normalized spacial score (nSPS) is 10.2. The monoisotopic (exact) mass is 349 g/mol. The lowest BCUT2D eigenvalue weighted by molar-refractivity contribution is 0.0948. The van der Waals surface area contributed by atoms with Gasteiger partial charge in [-0.3, -0.25) is 4.79 Å². The molecule has 0 spiro atoms. The standard InChI is InChI=1S/C11H13Br2NO2/c1-16-4-2-3-14-11(15)8-5-9(12)7-10(13)6-8/h5-7H,2-4H2,1H3,(H,14,15). The number of amides is 1. The van der Waals surface area contributed by atoms with Gasteiger partial charge in [0.15, 0.2) is 0 Å². The maximum atomic E-state index is 11.7. The van der Waals surface area contributed by atoms with E-state index in [1.54, 1.807) is 19.2 Å². The number of ether oxygens (including phenoxy) is 1. The van der Waals surface area contributed by atoms with Gasteiger partial charge in [0.25, 0.3) is 5.91 Å². The summed E-state index contributed by atoms with van der Waals surface area (Å²) in [7, 11) is 1.65. The lowest BCUT2D eigenvalue weighted by Crippen LogP contribution is -2.25. The molecule has 0 atom stereocenters. The first-order chi connectivity index (χ1) is 7.63. The van der Waals surface area contributed by atoms with E-state index in [9.17, 15) is 4.79 Å². The Bertz CT molecular complexity index is 349. The van der Waals surface area contributed by atoms with Crippen LogP contribution in [0.25, 0.3) is 0 Å². The van der Waals surface area contributed by atoms with Crippen molar-refractivity contribution in [2.24, 2.45) is 0 Å². The van der Waals surface area contributed by atoms with Crippen molar-refractivity contribution >= 4 is 37.8 Å². The summed E-state index contributed by atoms with van der Waals surface area (Å²) in [5, 5.41) is 2.83. The molecule has 3 nitrogen and oxygen atoms in total. The number of carbonyl (C=O) groups excluding carboxylic acids is 1. The number of carbonyl (C=O) groups is 1. The van der Waals surface area contributed by atoms with Crippen LogP contribution in [0.4, 0.5) is 0 Å². The van der Waals surface area contributed by atoms with Crippen LogP contribution in [0.15, 0.2) is 27.1 Å². The number of halogens is 2. The number of hydrogen-bond donors (Lipinski definition) is 1. The third-order valence-corrected chi connectivity index (χ3v) is 2.85. The number of rotatable bonds is 5. The van der Waals surface area contributed by atoms with Gasteiger partial charge < -0.3 is 10.1 Å². The highest BCUT2D eigenvalue weighted by Gasteiger charge is 2.06. The Morgan fingerprint density at radius 3 is 2.50 bits per heavy atom. The molecule has 1 rings (SSSR count). The minimum absolute atomic E-state index is 0.0712. The van der Waals surface area contributed by atoms with E-state index in [2.05, 4.69) is 37.2 Å². The molecule has 5 heteroatoms. The number of hydrogen-bond acceptors (Lipinski definition) is 2. The highest BCUT2D eigenvalue weighted by atomic mass is 79.9. The molecule has 0 radical (unpaired) electrons. The van der Waals surface area contributed by atoms with Crippen LogP contribution < -0.4 is 5.32 Å². The molecule has 0 fully saturated rings. The van der Waals surface area contributed by atoms with E-state index in [0.717, 1.165) is 15.4 Å². The van der Waals surface area contributed by atoms with E-state index in [0.29, 0.717) is 18.7 Å². The largest absolute Gasteiger partial charge is 0.385 e. The summed E-state index contributed by atoms with van der Waals surface area (Å²) in [4.78, 5) is 11.7. The minimum atomic E-state index is -0.0712. The Morgan fingerprint density at radius 2 is 1.94 bits per heavy atom. The Morgan fingerprint density at radius 1 is 1.31 bits per heavy atom. The first-order valence-corrected chi connectivity index (χ1v) is 6.45. The lowest BCUT2D eigenvalue weighted by Gasteiger charge is -2.05. The van der Waals surface area contributed by atoms with Crippen LogP contribution >= 0.6 is 31.9 Å². The second kappa shape index (κ2) is 7.04. The van der Waals surface area contributed by atoms with E-state index < -0.39 is 0 Å². The van der Waals surface area contributed by atoms with Crippen molar-refractivity contribution in [3.05, 3.63) is 32.7 Å². The van der Waals surface area contributed by atoms with E-state index in [4.69, 9.17) is 4.74 Å². The second-order valence-corrected chi connectivity index (χ2v) is 5.09. The fourth-order valence-electron chi connectivity index (χ4n) is 1.21. The van der Waals surface area contributed by atoms with E-state index in [1.807, 2.05) is 6.07 Å². The molecule has 0 saturated carbocycles. The third kappa shape index (κ3) is 4.63. The molecule has 16 heavy (non-hydrogen) atoms. The Kier molecular flexibility index (Phi) is 6.01. The maximum Gasteiger partial charge on any atom is 0.251 e.